The highest BCUT2D eigenvalue weighted by Gasteiger charge is 2.33. The number of thiazole rings is 1. The third-order valence-electron chi connectivity index (χ3n) is 3.92. The second-order valence-corrected chi connectivity index (χ2v) is 7.22. The van der Waals surface area contributed by atoms with Crippen molar-refractivity contribution in [2.45, 2.75) is 32.4 Å². The third kappa shape index (κ3) is 4.29. The number of nitrogens with zero attached hydrogens (tertiary/aromatic N) is 2. The van der Waals surface area contributed by atoms with E-state index >= 15 is 0 Å². The lowest BCUT2D eigenvalue weighted by Gasteiger charge is -2.22. The monoisotopic (exact) mass is 379 g/mol. The molecule has 0 bridgehead atoms. The molecule has 1 N–H and O–H groups in total. The van der Waals surface area contributed by atoms with Crippen molar-refractivity contribution in [1.29, 1.82) is 0 Å². The van der Waals surface area contributed by atoms with E-state index in [4.69, 9.17) is 11.6 Å². The quantitative estimate of drug-likeness (QED) is 0.794. The van der Waals surface area contributed by atoms with Gasteiger partial charge in [0, 0.05) is 22.1 Å². The highest BCUT2D eigenvalue weighted by Crippen LogP contribution is 2.30. The van der Waals surface area contributed by atoms with Gasteiger partial charge in [-0.05, 0) is 37.5 Å². The number of methoxy groups -OCH3 is 1. The van der Waals surface area contributed by atoms with Crippen LogP contribution < -0.4 is 5.32 Å². The second-order valence-electron chi connectivity index (χ2n) is 5.87. The molecule has 1 aromatic carbocycles. The molecule has 0 spiro atoms. The maximum absolute atomic E-state index is 12.6. The zero-order chi connectivity index (χ0) is 18.0. The fourth-order valence-corrected chi connectivity index (χ4v) is 3.29. The lowest BCUT2D eigenvalue weighted by molar-refractivity contribution is 0.0594. The Morgan fingerprint density at radius 1 is 1.44 bits per heavy atom. The third-order valence-corrected chi connectivity index (χ3v) is 5.16. The number of halogens is 1. The number of anilines is 1. The van der Waals surface area contributed by atoms with E-state index in [0.717, 1.165) is 18.4 Å². The lowest BCUT2D eigenvalue weighted by Crippen LogP contribution is -2.36. The van der Waals surface area contributed by atoms with E-state index in [9.17, 15) is 9.59 Å². The number of hydrogen-bond donors (Lipinski definition) is 1. The van der Waals surface area contributed by atoms with Crippen LogP contribution in [0.2, 0.25) is 5.02 Å². The van der Waals surface area contributed by atoms with Crippen molar-refractivity contribution in [3.8, 4) is 0 Å². The normalized spacial score (nSPS) is 13.4. The number of esters is 1. The Kier molecular flexibility index (Phi) is 5.24. The summed E-state index contributed by atoms with van der Waals surface area (Å²) < 4.78 is 4.66. The second kappa shape index (κ2) is 7.41. The number of aromatic nitrogens is 1. The maximum Gasteiger partial charge on any atom is 0.357 e. The van der Waals surface area contributed by atoms with E-state index in [2.05, 4.69) is 15.0 Å². The molecule has 2 aromatic rings. The van der Waals surface area contributed by atoms with Gasteiger partial charge in [-0.1, -0.05) is 17.7 Å². The van der Waals surface area contributed by atoms with Crippen molar-refractivity contribution in [3.05, 3.63) is 44.9 Å². The molecule has 0 atom stereocenters. The number of aryl methyl sites for hydroxylation is 1. The zero-order valence-electron chi connectivity index (χ0n) is 13.9. The van der Waals surface area contributed by atoms with Crippen molar-refractivity contribution in [2.75, 3.05) is 12.4 Å². The van der Waals surface area contributed by atoms with Crippen LogP contribution in [0.4, 0.5) is 10.5 Å². The molecule has 2 amide bonds. The van der Waals surface area contributed by atoms with Gasteiger partial charge in [-0.3, -0.25) is 0 Å². The average molecular weight is 380 g/mol. The van der Waals surface area contributed by atoms with Gasteiger partial charge < -0.3 is 15.0 Å². The first-order valence-corrected chi connectivity index (χ1v) is 9.10. The first-order chi connectivity index (χ1) is 12.0. The number of nitrogens with one attached hydrogen (secondary N) is 1. The van der Waals surface area contributed by atoms with Crippen LogP contribution in [0.1, 0.15) is 33.9 Å². The number of urea groups is 1. The largest absolute Gasteiger partial charge is 0.464 e. The summed E-state index contributed by atoms with van der Waals surface area (Å²) in [7, 11) is 1.32. The number of benzene rings is 1. The Labute approximate surface area is 154 Å². The Balaban J connectivity index is 1.70. The van der Waals surface area contributed by atoms with Crippen LogP contribution in [0.5, 0.6) is 0 Å². The van der Waals surface area contributed by atoms with E-state index in [0.29, 0.717) is 22.3 Å². The molecule has 1 heterocycles. The summed E-state index contributed by atoms with van der Waals surface area (Å²) >= 11 is 7.45. The fourth-order valence-electron chi connectivity index (χ4n) is 2.35. The van der Waals surface area contributed by atoms with Gasteiger partial charge in [0.2, 0.25) is 0 Å². The molecule has 0 radical (unpaired) electrons. The van der Waals surface area contributed by atoms with Gasteiger partial charge in [0.05, 0.1) is 13.7 Å². The predicted octanol–water partition coefficient (Wildman–Crippen LogP) is 4.09. The topological polar surface area (TPSA) is 71.5 Å². The summed E-state index contributed by atoms with van der Waals surface area (Å²) in [6, 6.07) is 5.42. The molecule has 25 heavy (non-hydrogen) atoms. The summed E-state index contributed by atoms with van der Waals surface area (Å²) in [6.07, 6.45) is 1.94. The van der Waals surface area contributed by atoms with E-state index < -0.39 is 5.97 Å². The van der Waals surface area contributed by atoms with Crippen LogP contribution in [-0.2, 0) is 11.3 Å². The van der Waals surface area contributed by atoms with E-state index in [1.54, 1.807) is 16.3 Å². The number of hydrogen-bond acceptors (Lipinski definition) is 5. The smallest absolute Gasteiger partial charge is 0.357 e. The van der Waals surface area contributed by atoms with Crippen molar-refractivity contribution in [1.82, 2.24) is 9.88 Å². The zero-order valence-corrected chi connectivity index (χ0v) is 15.5. The van der Waals surface area contributed by atoms with Gasteiger partial charge in [0.15, 0.2) is 5.69 Å². The van der Waals surface area contributed by atoms with Crippen molar-refractivity contribution < 1.29 is 14.3 Å². The molecule has 0 saturated heterocycles. The summed E-state index contributed by atoms with van der Waals surface area (Å²) in [4.78, 5) is 30.1. The molecule has 132 valence electrons. The van der Waals surface area contributed by atoms with Crippen LogP contribution in [-0.4, -0.2) is 35.0 Å². The lowest BCUT2D eigenvalue weighted by atomic mass is 10.2. The Hall–Kier alpha value is -2.12. The predicted molar refractivity (Wildman–Crippen MR) is 97.2 cm³/mol. The first-order valence-electron chi connectivity index (χ1n) is 7.84. The number of carbonyl (C=O) groups excluding carboxylic acids is 2. The van der Waals surface area contributed by atoms with Crippen LogP contribution >= 0.6 is 22.9 Å². The Morgan fingerprint density at radius 2 is 2.20 bits per heavy atom. The summed E-state index contributed by atoms with van der Waals surface area (Å²) in [5, 5.41) is 5.83. The van der Waals surface area contributed by atoms with Crippen LogP contribution in [0.15, 0.2) is 23.6 Å². The average Bonchev–Trinajstić information content (AvgIpc) is 3.33. The highest BCUT2D eigenvalue weighted by atomic mass is 35.5. The van der Waals surface area contributed by atoms with Gasteiger partial charge in [-0.2, -0.15) is 0 Å². The molecular weight excluding hydrogens is 362 g/mol. The molecule has 1 aliphatic rings. The number of rotatable bonds is 5. The van der Waals surface area contributed by atoms with E-state index in [-0.39, 0.29) is 17.8 Å². The Bertz CT molecular complexity index is 804. The van der Waals surface area contributed by atoms with Gasteiger partial charge in [-0.25, -0.2) is 14.6 Å². The molecule has 3 rings (SSSR count). The van der Waals surface area contributed by atoms with Crippen LogP contribution in [0, 0.1) is 6.92 Å². The molecule has 1 saturated carbocycles. The van der Waals surface area contributed by atoms with Crippen molar-refractivity contribution in [3.63, 3.8) is 0 Å². The van der Waals surface area contributed by atoms with Crippen molar-refractivity contribution >= 4 is 40.6 Å². The SMILES string of the molecule is COC(=O)c1csc(CN(C(=O)Nc2ccc(C)c(Cl)c2)C2CC2)n1. The molecule has 8 heteroatoms. The fraction of sp³-hybridized carbons (Fsp3) is 0.353. The Morgan fingerprint density at radius 3 is 2.84 bits per heavy atom. The maximum atomic E-state index is 12.6. The molecule has 1 fully saturated rings. The molecular formula is C17H18ClN3O3S. The molecule has 0 unspecified atom stereocenters. The molecule has 1 aliphatic carbocycles. The molecule has 6 nitrogen and oxygen atoms in total. The summed E-state index contributed by atoms with van der Waals surface area (Å²) in [5.41, 5.74) is 1.88. The molecule has 1 aromatic heterocycles. The van der Waals surface area contributed by atoms with Crippen molar-refractivity contribution in [2.24, 2.45) is 0 Å². The minimum absolute atomic E-state index is 0.197. The van der Waals surface area contributed by atoms with E-state index in [1.807, 2.05) is 19.1 Å². The minimum Gasteiger partial charge on any atom is -0.464 e. The van der Waals surface area contributed by atoms with Crippen LogP contribution in [0.25, 0.3) is 0 Å². The minimum atomic E-state index is -0.473. The number of amides is 2. The number of carbonyl (C=O) groups is 2. The van der Waals surface area contributed by atoms with Gasteiger partial charge in [0.1, 0.15) is 5.01 Å². The van der Waals surface area contributed by atoms with Crippen LogP contribution in [0.3, 0.4) is 0 Å². The van der Waals surface area contributed by atoms with Gasteiger partial charge in [0.25, 0.3) is 0 Å². The summed E-state index contributed by atoms with van der Waals surface area (Å²) in [5.74, 6) is -0.473. The summed E-state index contributed by atoms with van der Waals surface area (Å²) in [6.45, 7) is 2.27. The van der Waals surface area contributed by atoms with Gasteiger partial charge >= 0.3 is 12.0 Å². The first kappa shape index (κ1) is 17.7. The van der Waals surface area contributed by atoms with Gasteiger partial charge in [-0.15, -0.1) is 11.3 Å². The highest BCUT2D eigenvalue weighted by molar-refractivity contribution is 7.09. The molecule has 0 aliphatic heterocycles. The number of ether oxygens (including phenoxy) is 1. The van der Waals surface area contributed by atoms with E-state index in [1.165, 1.54) is 18.4 Å². The standard InChI is InChI=1S/C17H18ClN3O3S/c1-10-3-4-11(7-13(10)18)19-17(23)21(12-5-6-12)8-15-20-14(9-25-15)16(22)24-2/h3-4,7,9,12H,5-6,8H2,1-2H3,(H,19,23).